The molecule has 0 fully saturated rings. The molecule has 1 aromatic carbocycles. The summed E-state index contributed by atoms with van der Waals surface area (Å²) < 4.78 is 5.51. The van der Waals surface area contributed by atoms with Crippen molar-refractivity contribution in [3.05, 3.63) is 29.3 Å². The van der Waals surface area contributed by atoms with Crippen molar-refractivity contribution in [2.45, 2.75) is 13.3 Å². The molecule has 0 aromatic heterocycles. The summed E-state index contributed by atoms with van der Waals surface area (Å²) in [6.07, 6.45) is 1.38. The fourth-order valence-corrected chi connectivity index (χ4v) is 2.04. The zero-order valence-corrected chi connectivity index (χ0v) is 14.3. The van der Waals surface area contributed by atoms with E-state index in [-0.39, 0.29) is 23.7 Å². The van der Waals surface area contributed by atoms with E-state index < -0.39 is 5.97 Å². The van der Waals surface area contributed by atoms with Gasteiger partial charge in [-0.1, -0.05) is 0 Å². The summed E-state index contributed by atoms with van der Waals surface area (Å²) in [5.74, 6) is -1.13. The lowest BCUT2D eigenvalue weighted by atomic mass is 10.1. The van der Waals surface area contributed by atoms with Crippen LogP contribution in [0.3, 0.4) is 0 Å². The highest BCUT2D eigenvalue weighted by Crippen LogP contribution is 2.21. The molecule has 0 spiro atoms. The van der Waals surface area contributed by atoms with Crippen LogP contribution in [0, 0.1) is 0 Å². The van der Waals surface area contributed by atoms with E-state index >= 15 is 0 Å². The number of Topliss-reactive ketones (excluding diaryl/α,β-unsaturated/α-hetero) is 1. The largest absolute Gasteiger partial charge is 0.493 e. The van der Waals surface area contributed by atoms with Gasteiger partial charge in [0.05, 0.1) is 6.61 Å². The number of rotatable bonds is 11. The summed E-state index contributed by atoms with van der Waals surface area (Å²) in [5, 5.41) is 9.23. The molecule has 7 heteroatoms. The lowest BCUT2D eigenvalue weighted by Crippen LogP contribution is -2.32. The van der Waals surface area contributed by atoms with Crippen molar-refractivity contribution < 1.29 is 24.2 Å². The maximum absolute atomic E-state index is 11.3. The number of ketones is 1. The summed E-state index contributed by atoms with van der Waals surface area (Å²) in [7, 11) is 3.87. The molecule has 0 unspecified atom stereocenters. The van der Waals surface area contributed by atoms with Crippen molar-refractivity contribution in [1.29, 1.82) is 0 Å². The van der Waals surface area contributed by atoms with E-state index in [2.05, 4.69) is 0 Å². The van der Waals surface area contributed by atoms with E-state index in [1.165, 1.54) is 19.1 Å². The van der Waals surface area contributed by atoms with Crippen LogP contribution in [-0.4, -0.2) is 73.4 Å². The maximum atomic E-state index is 11.3. The van der Waals surface area contributed by atoms with E-state index in [1.54, 1.807) is 11.0 Å². The molecule has 0 saturated heterocycles. The fraction of sp³-hybridized carbons (Fsp3) is 0.471. The van der Waals surface area contributed by atoms with Gasteiger partial charge in [0.15, 0.2) is 5.78 Å². The summed E-state index contributed by atoms with van der Waals surface area (Å²) >= 11 is 0. The first-order valence-corrected chi connectivity index (χ1v) is 7.70. The molecule has 1 rings (SSSR count). The second kappa shape index (κ2) is 9.67. The van der Waals surface area contributed by atoms with Crippen LogP contribution in [0.25, 0.3) is 0 Å². The van der Waals surface area contributed by atoms with E-state index in [1.807, 2.05) is 19.0 Å². The van der Waals surface area contributed by atoms with Crippen LogP contribution in [0.2, 0.25) is 0 Å². The number of hydrogen-bond donors (Lipinski definition) is 1. The lowest BCUT2D eigenvalue weighted by molar-refractivity contribution is -0.118. The molecule has 24 heavy (non-hydrogen) atoms. The quantitative estimate of drug-likeness (QED) is 0.373. The van der Waals surface area contributed by atoms with Crippen LogP contribution in [0.5, 0.6) is 5.75 Å². The van der Waals surface area contributed by atoms with E-state index in [0.29, 0.717) is 25.1 Å². The number of benzene rings is 1. The molecule has 1 N–H and O–H groups in total. The molecule has 1 amide bonds. The van der Waals surface area contributed by atoms with Crippen LogP contribution in [-0.2, 0) is 4.79 Å². The fourth-order valence-electron chi connectivity index (χ4n) is 2.04. The Labute approximate surface area is 141 Å². The number of carboxylic acid groups (broad SMARTS) is 1. The molecule has 0 aliphatic rings. The van der Waals surface area contributed by atoms with Gasteiger partial charge in [-0.15, -0.1) is 0 Å². The number of likely N-dealkylation sites (N-methyl/N-ethyl adjacent to an activating group) is 1. The normalized spacial score (nSPS) is 10.5. The monoisotopic (exact) mass is 336 g/mol. The van der Waals surface area contributed by atoms with Gasteiger partial charge in [-0.2, -0.15) is 0 Å². The van der Waals surface area contributed by atoms with E-state index in [0.717, 1.165) is 13.0 Å². The highest BCUT2D eigenvalue weighted by atomic mass is 16.5. The summed E-state index contributed by atoms with van der Waals surface area (Å²) in [5.41, 5.74) is 0.290. The third kappa shape index (κ3) is 6.37. The molecule has 0 aliphatic heterocycles. The van der Waals surface area contributed by atoms with Crippen LogP contribution in [0.4, 0.5) is 0 Å². The highest BCUT2D eigenvalue weighted by Gasteiger charge is 2.14. The molecule has 0 aliphatic carbocycles. The van der Waals surface area contributed by atoms with Gasteiger partial charge in [0.2, 0.25) is 6.41 Å². The first-order valence-electron chi connectivity index (χ1n) is 7.70. The average molecular weight is 336 g/mol. The molecule has 0 saturated carbocycles. The Kier molecular flexibility index (Phi) is 7.91. The number of nitrogens with zero attached hydrogens (tertiary/aromatic N) is 2. The Bertz CT molecular complexity index is 586. The second-order valence-electron chi connectivity index (χ2n) is 5.72. The van der Waals surface area contributed by atoms with Gasteiger partial charge in [0.1, 0.15) is 11.3 Å². The topological polar surface area (TPSA) is 87.2 Å². The SMILES string of the molecule is CC(=O)c1ccc(OCCCN(C=O)CCN(C)C)c(C(=O)O)c1. The van der Waals surface area contributed by atoms with Gasteiger partial charge >= 0.3 is 5.97 Å². The number of carbonyl (C=O) groups excluding carboxylic acids is 2. The van der Waals surface area contributed by atoms with Crippen LogP contribution >= 0.6 is 0 Å². The molecule has 0 radical (unpaired) electrons. The van der Waals surface area contributed by atoms with Crippen LogP contribution in [0.1, 0.15) is 34.1 Å². The van der Waals surface area contributed by atoms with Gasteiger partial charge < -0.3 is 19.6 Å². The summed E-state index contributed by atoms with van der Waals surface area (Å²) in [6, 6.07) is 4.34. The summed E-state index contributed by atoms with van der Waals surface area (Å²) in [6.45, 7) is 3.60. The third-order valence-electron chi connectivity index (χ3n) is 3.45. The molecule has 1 aromatic rings. The number of carbonyl (C=O) groups is 3. The smallest absolute Gasteiger partial charge is 0.339 e. The molecule has 0 heterocycles. The molecule has 7 nitrogen and oxygen atoms in total. The van der Waals surface area contributed by atoms with E-state index in [9.17, 15) is 19.5 Å². The van der Waals surface area contributed by atoms with Gasteiger partial charge in [-0.25, -0.2) is 4.79 Å². The predicted molar refractivity (Wildman–Crippen MR) is 89.7 cm³/mol. The van der Waals surface area contributed by atoms with Gasteiger partial charge in [-0.3, -0.25) is 9.59 Å². The number of amides is 1. The number of carboxylic acids is 1. The molecule has 0 bridgehead atoms. The van der Waals surface area contributed by atoms with E-state index in [4.69, 9.17) is 4.74 Å². The minimum absolute atomic E-state index is 0.0393. The van der Waals surface area contributed by atoms with Crippen LogP contribution < -0.4 is 4.74 Å². The van der Waals surface area contributed by atoms with Gasteiger partial charge in [0.25, 0.3) is 0 Å². The van der Waals surface area contributed by atoms with Crippen molar-refractivity contribution in [3.8, 4) is 5.75 Å². The van der Waals surface area contributed by atoms with Gasteiger partial charge in [0, 0.05) is 25.2 Å². The minimum atomic E-state index is -1.14. The third-order valence-corrected chi connectivity index (χ3v) is 3.45. The molecule has 0 atom stereocenters. The second-order valence-corrected chi connectivity index (χ2v) is 5.72. The predicted octanol–water partition coefficient (Wildman–Crippen LogP) is 1.38. The van der Waals surface area contributed by atoms with Crippen molar-refractivity contribution >= 4 is 18.2 Å². The zero-order valence-electron chi connectivity index (χ0n) is 14.3. The van der Waals surface area contributed by atoms with Crippen LogP contribution in [0.15, 0.2) is 18.2 Å². The number of ether oxygens (including phenoxy) is 1. The molecular formula is C17H24N2O5. The Hall–Kier alpha value is -2.41. The Morgan fingerprint density at radius 3 is 2.46 bits per heavy atom. The number of hydrogen-bond acceptors (Lipinski definition) is 5. The Balaban J connectivity index is 2.56. The van der Waals surface area contributed by atoms with Gasteiger partial charge in [-0.05, 0) is 45.6 Å². The first kappa shape index (κ1) is 19.6. The minimum Gasteiger partial charge on any atom is -0.493 e. The first-order chi connectivity index (χ1) is 11.3. The maximum Gasteiger partial charge on any atom is 0.339 e. The summed E-state index contributed by atoms with van der Waals surface area (Å²) in [4.78, 5) is 37.2. The standard InChI is InChI=1S/C17H24N2O5/c1-13(21)14-5-6-16(15(11-14)17(22)23)24-10-4-7-19(12-20)9-8-18(2)3/h5-6,11-12H,4,7-10H2,1-3H3,(H,22,23). The zero-order chi connectivity index (χ0) is 18.1. The Morgan fingerprint density at radius 2 is 1.92 bits per heavy atom. The van der Waals surface area contributed by atoms with Crippen molar-refractivity contribution in [1.82, 2.24) is 9.80 Å². The molecular weight excluding hydrogens is 312 g/mol. The van der Waals surface area contributed by atoms with Crippen molar-refractivity contribution in [2.75, 3.05) is 40.3 Å². The number of aromatic carboxylic acids is 1. The molecule has 132 valence electrons. The van der Waals surface area contributed by atoms with Crippen molar-refractivity contribution in [3.63, 3.8) is 0 Å². The Morgan fingerprint density at radius 1 is 1.21 bits per heavy atom. The lowest BCUT2D eigenvalue weighted by Gasteiger charge is -2.20. The van der Waals surface area contributed by atoms with Crippen molar-refractivity contribution in [2.24, 2.45) is 0 Å². The average Bonchev–Trinajstić information content (AvgIpc) is 2.53. The highest BCUT2D eigenvalue weighted by molar-refractivity contribution is 5.98.